The molecule has 0 N–H and O–H groups in total. The lowest BCUT2D eigenvalue weighted by atomic mass is 10.3. The Balaban J connectivity index is 2.87. The molecule has 0 aliphatic carbocycles. The summed E-state index contributed by atoms with van der Waals surface area (Å²) in [5.74, 6) is 0.796. The first-order valence-electron chi connectivity index (χ1n) is 5.01. The highest BCUT2D eigenvalue weighted by molar-refractivity contribution is 9.09. The summed E-state index contributed by atoms with van der Waals surface area (Å²) in [6.07, 6.45) is 0.0880. The highest BCUT2D eigenvalue weighted by Gasteiger charge is 2.13. The molecule has 0 atom stereocenters. The van der Waals surface area contributed by atoms with Crippen molar-refractivity contribution in [1.29, 1.82) is 0 Å². The Morgan fingerprint density at radius 3 is 2.25 bits per heavy atom. The van der Waals surface area contributed by atoms with Crippen LogP contribution in [0.5, 0.6) is 5.75 Å². The maximum atomic E-state index is 11.7. The number of alkyl halides is 1. The standard InChI is InChI=1S/C11H15BrO3S/c1-9(2)15-10-3-5-11(6-4-10)16(13,14)8-7-12/h3-6,9H,7-8H2,1-2H3. The third-order valence-electron chi connectivity index (χ3n) is 1.90. The maximum absolute atomic E-state index is 11.7. The Hall–Kier alpha value is -0.550. The van der Waals surface area contributed by atoms with Crippen LogP contribution in [0.1, 0.15) is 13.8 Å². The van der Waals surface area contributed by atoms with E-state index in [-0.39, 0.29) is 11.9 Å². The quantitative estimate of drug-likeness (QED) is 0.786. The van der Waals surface area contributed by atoms with Gasteiger partial charge in [-0.25, -0.2) is 8.42 Å². The van der Waals surface area contributed by atoms with Gasteiger partial charge >= 0.3 is 0 Å². The molecule has 0 aromatic heterocycles. The largest absolute Gasteiger partial charge is 0.491 e. The van der Waals surface area contributed by atoms with Gasteiger partial charge in [-0.15, -0.1) is 0 Å². The lowest BCUT2D eigenvalue weighted by molar-refractivity contribution is 0.242. The lowest BCUT2D eigenvalue weighted by Gasteiger charge is -2.10. The molecular formula is C11H15BrO3S. The molecule has 0 aliphatic heterocycles. The van der Waals surface area contributed by atoms with Crippen LogP contribution < -0.4 is 4.74 Å². The second-order valence-corrected chi connectivity index (χ2v) is 6.55. The van der Waals surface area contributed by atoms with E-state index in [1.807, 2.05) is 13.8 Å². The van der Waals surface area contributed by atoms with Crippen molar-refractivity contribution in [3.63, 3.8) is 0 Å². The van der Waals surface area contributed by atoms with Crippen LogP contribution in [0, 0.1) is 0 Å². The molecule has 1 aromatic carbocycles. The van der Waals surface area contributed by atoms with Crippen LogP contribution in [0.4, 0.5) is 0 Å². The summed E-state index contributed by atoms with van der Waals surface area (Å²) in [5, 5.41) is 0.444. The van der Waals surface area contributed by atoms with Gasteiger partial charge in [0.05, 0.1) is 16.8 Å². The Morgan fingerprint density at radius 2 is 1.81 bits per heavy atom. The van der Waals surface area contributed by atoms with Crippen molar-refractivity contribution in [3.05, 3.63) is 24.3 Å². The van der Waals surface area contributed by atoms with E-state index in [1.54, 1.807) is 24.3 Å². The molecule has 0 bridgehead atoms. The van der Waals surface area contributed by atoms with Crippen LogP contribution >= 0.6 is 15.9 Å². The highest BCUT2D eigenvalue weighted by Crippen LogP contribution is 2.18. The molecule has 0 aliphatic rings. The molecule has 0 unspecified atom stereocenters. The summed E-state index contributed by atoms with van der Waals surface area (Å²) in [6.45, 7) is 3.85. The molecule has 0 heterocycles. The van der Waals surface area contributed by atoms with Gasteiger partial charge in [0.1, 0.15) is 5.75 Å². The van der Waals surface area contributed by atoms with E-state index >= 15 is 0 Å². The Kier molecular flexibility index (Phi) is 4.80. The third-order valence-corrected chi connectivity index (χ3v) is 4.55. The van der Waals surface area contributed by atoms with Gasteiger partial charge in [-0.3, -0.25) is 0 Å². The normalized spacial score (nSPS) is 11.8. The fourth-order valence-electron chi connectivity index (χ4n) is 1.22. The molecule has 1 rings (SSSR count). The second kappa shape index (κ2) is 5.68. The maximum Gasteiger partial charge on any atom is 0.179 e. The minimum Gasteiger partial charge on any atom is -0.491 e. The van der Waals surface area contributed by atoms with E-state index in [0.29, 0.717) is 16.0 Å². The third kappa shape index (κ3) is 3.79. The minimum absolute atomic E-state index is 0.0880. The predicted octanol–water partition coefficient (Wildman–Crippen LogP) is 2.64. The van der Waals surface area contributed by atoms with Gasteiger partial charge < -0.3 is 4.74 Å². The zero-order valence-electron chi connectivity index (χ0n) is 9.31. The number of ether oxygens (including phenoxy) is 1. The topological polar surface area (TPSA) is 43.4 Å². The van der Waals surface area contributed by atoms with Gasteiger partial charge in [-0.2, -0.15) is 0 Å². The van der Waals surface area contributed by atoms with Crippen molar-refractivity contribution in [2.75, 3.05) is 11.1 Å². The van der Waals surface area contributed by atoms with Crippen molar-refractivity contribution >= 4 is 25.8 Å². The second-order valence-electron chi connectivity index (χ2n) is 3.65. The molecular weight excluding hydrogens is 292 g/mol. The molecule has 0 saturated heterocycles. The number of rotatable bonds is 5. The van der Waals surface area contributed by atoms with Gasteiger partial charge in [-0.1, -0.05) is 15.9 Å². The average molecular weight is 307 g/mol. The molecule has 0 spiro atoms. The van der Waals surface area contributed by atoms with E-state index in [2.05, 4.69) is 15.9 Å². The van der Waals surface area contributed by atoms with E-state index in [1.165, 1.54) is 0 Å². The van der Waals surface area contributed by atoms with Gasteiger partial charge in [0.15, 0.2) is 9.84 Å². The zero-order chi connectivity index (χ0) is 12.2. The molecule has 0 amide bonds. The van der Waals surface area contributed by atoms with Crippen molar-refractivity contribution in [2.24, 2.45) is 0 Å². The highest BCUT2D eigenvalue weighted by atomic mass is 79.9. The predicted molar refractivity (Wildman–Crippen MR) is 68.1 cm³/mol. The fourth-order valence-corrected chi connectivity index (χ4v) is 3.49. The van der Waals surface area contributed by atoms with Crippen molar-refractivity contribution in [1.82, 2.24) is 0 Å². The van der Waals surface area contributed by atoms with Crippen molar-refractivity contribution in [2.45, 2.75) is 24.8 Å². The fraction of sp³-hybridized carbons (Fsp3) is 0.455. The Labute approximate surface area is 105 Å². The molecule has 0 saturated carbocycles. The molecule has 90 valence electrons. The van der Waals surface area contributed by atoms with Gasteiger partial charge in [0, 0.05) is 5.33 Å². The van der Waals surface area contributed by atoms with Crippen molar-refractivity contribution in [3.8, 4) is 5.75 Å². The number of halogens is 1. The summed E-state index contributed by atoms with van der Waals surface area (Å²) in [7, 11) is -3.16. The first-order chi connectivity index (χ1) is 7.45. The molecule has 3 nitrogen and oxygen atoms in total. The number of sulfone groups is 1. The summed E-state index contributed by atoms with van der Waals surface area (Å²) < 4.78 is 28.8. The van der Waals surface area contributed by atoms with Crippen LogP contribution in [-0.4, -0.2) is 25.6 Å². The number of hydrogen-bond acceptors (Lipinski definition) is 3. The van der Waals surface area contributed by atoms with Gasteiger partial charge in [0.25, 0.3) is 0 Å². The molecule has 5 heteroatoms. The molecule has 0 fully saturated rings. The minimum atomic E-state index is -3.16. The summed E-state index contributed by atoms with van der Waals surface area (Å²) in [6, 6.07) is 6.52. The molecule has 0 radical (unpaired) electrons. The van der Waals surface area contributed by atoms with Crippen LogP contribution in [-0.2, 0) is 9.84 Å². The number of benzene rings is 1. The summed E-state index contributed by atoms with van der Waals surface area (Å²) in [4.78, 5) is 0.336. The van der Waals surface area contributed by atoms with Crippen molar-refractivity contribution < 1.29 is 13.2 Å². The number of hydrogen-bond donors (Lipinski definition) is 0. The smallest absolute Gasteiger partial charge is 0.179 e. The molecule has 16 heavy (non-hydrogen) atoms. The van der Waals surface area contributed by atoms with Crippen LogP contribution in [0.2, 0.25) is 0 Å². The first kappa shape index (κ1) is 13.5. The summed E-state index contributed by atoms with van der Waals surface area (Å²) in [5.41, 5.74) is 0. The van der Waals surface area contributed by atoms with Gasteiger partial charge in [0.2, 0.25) is 0 Å². The van der Waals surface area contributed by atoms with E-state index < -0.39 is 9.84 Å². The van der Waals surface area contributed by atoms with E-state index in [0.717, 1.165) is 0 Å². The lowest BCUT2D eigenvalue weighted by Crippen LogP contribution is -2.08. The Bertz CT molecular complexity index is 423. The zero-order valence-corrected chi connectivity index (χ0v) is 11.7. The van der Waals surface area contributed by atoms with E-state index in [9.17, 15) is 8.42 Å². The van der Waals surface area contributed by atoms with Crippen LogP contribution in [0.25, 0.3) is 0 Å². The monoisotopic (exact) mass is 306 g/mol. The van der Waals surface area contributed by atoms with Crippen LogP contribution in [0.15, 0.2) is 29.2 Å². The average Bonchev–Trinajstić information content (AvgIpc) is 2.17. The van der Waals surface area contributed by atoms with E-state index in [4.69, 9.17) is 4.74 Å². The molecule has 1 aromatic rings. The summed E-state index contributed by atoms with van der Waals surface area (Å²) >= 11 is 3.13. The first-order valence-corrected chi connectivity index (χ1v) is 7.78. The SMILES string of the molecule is CC(C)Oc1ccc(S(=O)(=O)CCBr)cc1. The van der Waals surface area contributed by atoms with Crippen LogP contribution in [0.3, 0.4) is 0 Å². The van der Waals surface area contributed by atoms with Gasteiger partial charge in [-0.05, 0) is 38.1 Å². The Morgan fingerprint density at radius 1 is 1.25 bits per heavy atom.